The van der Waals surface area contributed by atoms with Crippen LogP contribution in [0.25, 0.3) is 0 Å². The lowest BCUT2D eigenvalue weighted by Crippen LogP contribution is -2.35. The average Bonchev–Trinajstić information content (AvgIpc) is 2.15. The molecule has 2 rings (SSSR count). The number of nitrogens with zero attached hydrogens (tertiary/aromatic N) is 1. The number of piperidine rings is 1. The molecule has 0 amide bonds. The first-order valence-corrected chi connectivity index (χ1v) is 6.51. The number of hydrogen-bond acceptors (Lipinski definition) is 1. The van der Waals surface area contributed by atoms with E-state index in [9.17, 15) is 0 Å². The maximum absolute atomic E-state index is 6.20. The zero-order valence-electron chi connectivity index (χ0n) is 10.2. The maximum Gasteiger partial charge on any atom is 0.0463 e. The molecule has 0 aromatic heterocycles. The fraction of sp³-hybridized carbons (Fsp3) is 0.571. The molecule has 1 aliphatic heterocycles. The Morgan fingerprint density at radius 2 is 1.94 bits per heavy atom. The zero-order valence-corrected chi connectivity index (χ0v) is 10.9. The summed E-state index contributed by atoms with van der Waals surface area (Å²) in [4.78, 5) is 2.47. The minimum Gasteiger partial charge on any atom is -0.298 e. The van der Waals surface area contributed by atoms with Crippen LogP contribution in [-0.2, 0) is 6.54 Å². The smallest absolute Gasteiger partial charge is 0.0463 e. The first kappa shape index (κ1) is 11.9. The van der Waals surface area contributed by atoms with Gasteiger partial charge in [-0.1, -0.05) is 29.3 Å². The summed E-state index contributed by atoms with van der Waals surface area (Å²) in [5, 5.41) is 0.347. The molecule has 1 aliphatic rings. The minimum atomic E-state index is 0.347. The second kappa shape index (κ2) is 5.20. The largest absolute Gasteiger partial charge is 0.298 e. The van der Waals surface area contributed by atoms with Gasteiger partial charge in [-0.15, -0.1) is 11.6 Å². The number of likely N-dealkylation sites (tertiary alicyclic amines) is 1. The lowest BCUT2D eigenvalue weighted by molar-refractivity contribution is 0.224. The third kappa shape index (κ3) is 3.23. The molecule has 1 atom stereocenters. The van der Waals surface area contributed by atoms with Crippen LogP contribution in [0.3, 0.4) is 0 Å². The molecule has 0 spiro atoms. The van der Waals surface area contributed by atoms with E-state index in [0.29, 0.717) is 5.38 Å². The monoisotopic (exact) mass is 237 g/mol. The summed E-state index contributed by atoms with van der Waals surface area (Å²) in [5.41, 5.74) is 4.13. The Kier molecular flexibility index (Phi) is 3.88. The Morgan fingerprint density at radius 3 is 2.56 bits per heavy atom. The van der Waals surface area contributed by atoms with Crippen LogP contribution < -0.4 is 0 Å². The maximum atomic E-state index is 6.20. The van der Waals surface area contributed by atoms with E-state index in [2.05, 4.69) is 36.9 Å². The van der Waals surface area contributed by atoms with E-state index in [0.717, 1.165) is 13.1 Å². The molecular weight excluding hydrogens is 218 g/mol. The molecule has 1 fully saturated rings. The van der Waals surface area contributed by atoms with Gasteiger partial charge in [-0.2, -0.15) is 0 Å². The Labute approximate surface area is 103 Å². The van der Waals surface area contributed by atoms with Crippen molar-refractivity contribution in [3.8, 4) is 0 Å². The van der Waals surface area contributed by atoms with Crippen LogP contribution in [0.5, 0.6) is 0 Å². The van der Waals surface area contributed by atoms with E-state index >= 15 is 0 Å². The van der Waals surface area contributed by atoms with Crippen molar-refractivity contribution in [1.29, 1.82) is 0 Å². The van der Waals surface area contributed by atoms with Gasteiger partial charge < -0.3 is 0 Å². The number of benzene rings is 1. The Morgan fingerprint density at radius 1 is 1.25 bits per heavy atom. The van der Waals surface area contributed by atoms with Gasteiger partial charge in [0.15, 0.2) is 0 Å². The van der Waals surface area contributed by atoms with Crippen LogP contribution in [-0.4, -0.2) is 23.4 Å². The lowest BCUT2D eigenvalue weighted by Gasteiger charge is -2.29. The quantitative estimate of drug-likeness (QED) is 0.712. The molecule has 0 N–H and O–H groups in total. The highest BCUT2D eigenvalue weighted by Crippen LogP contribution is 2.18. The molecule has 1 aromatic rings. The Bertz CT molecular complexity index is 342. The summed E-state index contributed by atoms with van der Waals surface area (Å²) < 4.78 is 0. The summed E-state index contributed by atoms with van der Waals surface area (Å²) in [6.07, 6.45) is 2.41. The van der Waals surface area contributed by atoms with Crippen molar-refractivity contribution in [2.75, 3.05) is 13.1 Å². The molecule has 2 heteroatoms. The molecule has 0 radical (unpaired) electrons. The molecule has 1 heterocycles. The van der Waals surface area contributed by atoms with E-state index in [1.807, 2.05) is 0 Å². The van der Waals surface area contributed by atoms with Gasteiger partial charge in [0.05, 0.1) is 0 Å². The molecular formula is C14H20ClN. The van der Waals surface area contributed by atoms with Gasteiger partial charge in [-0.05, 0) is 38.8 Å². The molecule has 0 aliphatic carbocycles. The molecule has 1 aromatic carbocycles. The molecule has 1 saturated heterocycles. The summed E-state index contributed by atoms with van der Waals surface area (Å²) in [7, 11) is 0. The zero-order chi connectivity index (χ0) is 11.5. The first-order valence-electron chi connectivity index (χ1n) is 6.07. The number of rotatable bonds is 2. The van der Waals surface area contributed by atoms with E-state index in [4.69, 9.17) is 11.6 Å². The van der Waals surface area contributed by atoms with Crippen molar-refractivity contribution in [3.05, 3.63) is 34.9 Å². The van der Waals surface area contributed by atoms with Crippen LogP contribution in [0.2, 0.25) is 0 Å². The highest BCUT2D eigenvalue weighted by molar-refractivity contribution is 6.20. The van der Waals surface area contributed by atoms with Crippen molar-refractivity contribution in [2.45, 2.75) is 38.6 Å². The van der Waals surface area contributed by atoms with Crippen LogP contribution in [0.1, 0.15) is 29.5 Å². The van der Waals surface area contributed by atoms with Crippen molar-refractivity contribution in [2.24, 2.45) is 0 Å². The topological polar surface area (TPSA) is 3.24 Å². The fourth-order valence-corrected chi connectivity index (χ4v) is 2.91. The molecule has 88 valence electrons. The first-order chi connectivity index (χ1) is 7.63. The second-order valence-corrected chi connectivity index (χ2v) is 5.59. The molecule has 16 heavy (non-hydrogen) atoms. The molecule has 1 unspecified atom stereocenters. The van der Waals surface area contributed by atoms with E-state index < -0.39 is 0 Å². The van der Waals surface area contributed by atoms with Crippen LogP contribution in [0.4, 0.5) is 0 Å². The number of hydrogen-bond donors (Lipinski definition) is 0. The Balaban J connectivity index is 2.02. The van der Waals surface area contributed by atoms with Crippen LogP contribution >= 0.6 is 11.6 Å². The lowest BCUT2D eigenvalue weighted by atomic mass is 10.1. The van der Waals surface area contributed by atoms with Crippen molar-refractivity contribution in [3.63, 3.8) is 0 Å². The van der Waals surface area contributed by atoms with Crippen molar-refractivity contribution < 1.29 is 0 Å². The highest BCUT2D eigenvalue weighted by atomic mass is 35.5. The van der Waals surface area contributed by atoms with Gasteiger partial charge in [-0.3, -0.25) is 4.90 Å². The number of alkyl halides is 1. The number of halogens is 1. The standard InChI is InChI=1S/C14H20ClN/c1-11-6-12(2)8-13(7-11)9-16-5-3-4-14(15)10-16/h6-8,14H,3-5,9-10H2,1-2H3. The Hall–Kier alpha value is -0.530. The van der Waals surface area contributed by atoms with Gasteiger partial charge in [0, 0.05) is 18.5 Å². The van der Waals surface area contributed by atoms with Gasteiger partial charge in [-0.25, -0.2) is 0 Å². The number of aryl methyl sites for hydroxylation is 2. The van der Waals surface area contributed by atoms with Gasteiger partial charge in [0.2, 0.25) is 0 Å². The van der Waals surface area contributed by atoms with Gasteiger partial charge >= 0.3 is 0 Å². The summed E-state index contributed by atoms with van der Waals surface area (Å²) >= 11 is 6.20. The van der Waals surface area contributed by atoms with E-state index in [1.54, 1.807) is 0 Å². The predicted molar refractivity (Wildman–Crippen MR) is 70.1 cm³/mol. The fourth-order valence-electron chi connectivity index (χ4n) is 2.56. The third-order valence-electron chi connectivity index (χ3n) is 3.14. The van der Waals surface area contributed by atoms with E-state index in [-0.39, 0.29) is 0 Å². The molecule has 0 saturated carbocycles. The van der Waals surface area contributed by atoms with Crippen LogP contribution in [0.15, 0.2) is 18.2 Å². The molecule has 1 nitrogen and oxygen atoms in total. The summed E-state index contributed by atoms with van der Waals surface area (Å²) in [6, 6.07) is 6.79. The van der Waals surface area contributed by atoms with Crippen LogP contribution in [0, 0.1) is 13.8 Å². The summed E-state index contributed by atoms with van der Waals surface area (Å²) in [5.74, 6) is 0. The second-order valence-electron chi connectivity index (χ2n) is 4.97. The van der Waals surface area contributed by atoms with Gasteiger partial charge in [0.25, 0.3) is 0 Å². The average molecular weight is 238 g/mol. The normalized spacial score (nSPS) is 22.3. The summed E-state index contributed by atoms with van der Waals surface area (Å²) in [6.45, 7) is 7.60. The SMILES string of the molecule is Cc1cc(C)cc(CN2CCCC(Cl)C2)c1. The third-order valence-corrected chi connectivity index (χ3v) is 3.49. The molecule has 0 bridgehead atoms. The van der Waals surface area contributed by atoms with E-state index in [1.165, 1.54) is 36.1 Å². The van der Waals surface area contributed by atoms with Crippen molar-refractivity contribution >= 4 is 11.6 Å². The highest BCUT2D eigenvalue weighted by Gasteiger charge is 2.17. The van der Waals surface area contributed by atoms with Gasteiger partial charge in [0.1, 0.15) is 0 Å². The van der Waals surface area contributed by atoms with Crippen molar-refractivity contribution in [1.82, 2.24) is 4.90 Å². The predicted octanol–water partition coefficient (Wildman–Crippen LogP) is 3.51. The minimum absolute atomic E-state index is 0.347.